The van der Waals surface area contributed by atoms with Crippen LogP contribution in [-0.4, -0.2) is 42.6 Å². The number of nitro groups is 1. The Morgan fingerprint density at radius 1 is 1.22 bits per heavy atom. The number of hydrogen-bond acceptors (Lipinski definition) is 8. The van der Waals surface area contributed by atoms with Crippen molar-refractivity contribution in [3.05, 3.63) is 63.2 Å². The number of fused-ring (bicyclic) bond motifs is 1. The Balaban J connectivity index is 1.92. The molecule has 1 heterocycles. The van der Waals surface area contributed by atoms with Crippen LogP contribution in [0.1, 0.15) is 6.42 Å². The second-order valence-electron chi connectivity index (χ2n) is 6.48. The van der Waals surface area contributed by atoms with Crippen LogP contribution >= 0.6 is 11.3 Å². The highest BCUT2D eigenvalue weighted by Gasteiger charge is 2.18. The SMILES string of the molecule is COC(=O)Cn1c(=NC(=O)CCS(=O)(=O)c2ccc(F)cc2)sc2ccc([N+](=O)[O-])cc21. The Morgan fingerprint density at radius 3 is 2.53 bits per heavy atom. The molecule has 0 bridgehead atoms. The lowest BCUT2D eigenvalue weighted by Gasteiger charge is -2.04. The van der Waals surface area contributed by atoms with Crippen molar-refractivity contribution in [2.75, 3.05) is 12.9 Å². The maximum Gasteiger partial charge on any atom is 0.325 e. The van der Waals surface area contributed by atoms with E-state index in [1.165, 1.54) is 29.9 Å². The summed E-state index contributed by atoms with van der Waals surface area (Å²) in [6, 6.07) is 8.22. The molecule has 32 heavy (non-hydrogen) atoms. The molecule has 1 aromatic heterocycles. The smallest absolute Gasteiger partial charge is 0.325 e. The van der Waals surface area contributed by atoms with E-state index < -0.39 is 44.6 Å². The summed E-state index contributed by atoms with van der Waals surface area (Å²) in [4.78, 5) is 38.5. The predicted octanol–water partition coefficient (Wildman–Crippen LogP) is 2.21. The molecule has 2 aromatic carbocycles. The zero-order valence-corrected chi connectivity index (χ0v) is 18.2. The average Bonchev–Trinajstić information content (AvgIpc) is 3.08. The molecule has 1 amide bonds. The molecule has 3 rings (SSSR count). The second-order valence-corrected chi connectivity index (χ2v) is 9.60. The van der Waals surface area contributed by atoms with Gasteiger partial charge in [-0.05, 0) is 30.3 Å². The van der Waals surface area contributed by atoms with Crippen LogP contribution in [0.4, 0.5) is 10.1 Å². The standard InChI is InChI=1S/C19H16FN3O7S2/c1-30-18(25)11-22-15-10-13(23(26)27)4-7-16(15)31-19(22)21-17(24)8-9-32(28,29)14-5-2-12(20)3-6-14/h2-7,10H,8-9,11H2,1H3. The van der Waals surface area contributed by atoms with E-state index in [0.717, 1.165) is 35.6 Å². The van der Waals surface area contributed by atoms with Crippen molar-refractivity contribution in [3.8, 4) is 0 Å². The van der Waals surface area contributed by atoms with E-state index in [2.05, 4.69) is 9.73 Å². The van der Waals surface area contributed by atoms with Gasteiger partial charge in [0.1, 0.15) is 12.4 Å². The molecule has 3 aromatic rings. The van der Waals surface area contributed by atoms with Crippen LogP contribution in [0.3, 0.4) is 0 Å². The Labute approximate surface area is 184 Å². The van der Waals surface area contributed by atoms with Gasteiger partial charge in [0.15, 0.2) is 14.6 Å². The van der Waals surface area contributed by atoms with Crippen molar-refractivity contribution >= 4 is 49.0 Å². The third kappa shape index (κ3) is 5.23. The summed E-state index contributed by atoms with van der Waals surface area (Å²) < 4.78 is 44.2. The lowest BCUT2D eigenvalue weighted by atomic mass is 10.3. The predicted molar refractivity (Wildman–Crippen MR) is 112 cm³/mol. The fraction of sp³-hybridized carbons (Fsp3) is 0.211. The molecule has 10 nitrogen and oxygen atoms in total. The Bertz CT molecular complexity index is 1380. The number of nitro benzene ring substituents is 1. The van der Waals surface area contributed by atoms with Gasteiger partial charge in [0.25, 0.3) is 5.69 Å². The molecule has 13 heteroatoms. The minimum Gasteiger partial charge on any atom is -0.468 e. The molecule has 0 aliphatic rings. The number of aromatic nitrogens is 1. The number of amides is 1. The first-order chi connectivity index (χ1) is 15.1. The van der Waals surface area contributed by atoms with Crippen LogP contribution in [0.5, 0.6) is 0 Å². The zero-order valence-electron chi connectivity index (χ0n) is 16.6. The number of thiazole rings is 1. The molecule has 168 valence electrons. The number of carbonyl (C=O) groups is 2. The van der Waals surface area contributed by atoms with Gasteiger partial charge < -0.3 is 9.30 Å². The first-order valence-electron chi connectivity index (χ1n) is 9.01. The monoisotopic (exact) mass is 481 g/mol. The zero-order chi connectivity index (χ0) is 23.5. The van der Waals surface area contributed by atoms with Gasteiger partial charge in [-0.3, -0.25) is 19.7 Å². The highest BCUT2D eigenvalue weighted by atomic mass is 32.2. The number of benzene rings is 2. The van der Waals surface area contributed by atoms with Crippen LogP contribution < -0.4 is 4.80 Å². The van der Waals surface area contributed by atoms with Crippen molar-refractivity contribution in [1.29, 1.82) is 0 Å². The van der Waals surface area contributed by atoms with Crippen molar-refractivity contribution in [2.45, 2.75) is 17.9 Å². The summed E-state index contributed by atoms with van der Waals surface area (Å²) in [6.07, 6.45) is -0.452. The Hall–Kier alpha value is -3.45. The number of methoxy groups -OCH3 is 1. The number of esters is 1. The third-order valence-electron chi connectivity index (χ3n) is 4.37. The van der Waals surface area contributed by atoms with Crippen LogP contribution in [0.15, 0.2) is 52.4 Å². The van der Waals surface area contributed by atoms with Gasteiger partial charge in [-0.2, -0.15) is 4.99 Å². The van der Waals surface area contributed by atoms with Crippen LogP contribution in [0, 0.1) is 15.9 Å². The van der Waals surface area contributed by atoms with E-state index in [9.17, 15) is 32.5 Å². The number of ether oxygens (including phenoxy) is 1. The highest BCUT2D eigenvalue weighted by molar-refractivity contribution is 7.91. The topological polar surface area (TPSA) is 138 Å². The second kappa shape index (κ2) is 9.36. The minimum absolute atomic E-state index is 0.0649. The number of halogens is 1. The van der Waals surface area contributed by atoms with Crippen molar-refractivity contribution < 1.29 is 32.1 Å². The van der Waals surface area contributed by atoms with Crippen molar-refractivity contribution in [2.24, 2.45) is 4.99 Å². The van der Waals surface area contributed by atoms with Crippen LogP contribution in [-0.2, 0) is 30.7 Å². The van der Waals surface area contributed by atoms with E-state index in [0.29, 0.717) is 10.2 Å². The summed E-state index contributed by atoms with van der Waals surface area (Å²) >= 11 is 1.01. The molecule has 0 aliphatic heterocycles. The number of non-ortho nitro benzene ring substituents is 1. The normalized spacial score (nSPS) is 12.1. The van der Waals surface area contributed by atoms with Gasteiger partial charge >= 0.3 is 5.97 Å². The summed E-state index contributed by atoms with van der Waals surface area (Å²) in [5, 5.41) is 11.1. The largest absolute Gasteiger partial charge is 0.468 e. The number of carbonyl (C=O) groups excluding carboxylic acids is 2. The number of nitrogens with zero attached hydrogens (tertiary/aromatic N) is 3. The van der Waals surface area contributed by atoms with Gasteiger partial charge in [0.2, 0.25) is 5.91 Å². The quantitative estimate of drug-likeness (QED) is 0.218. The van der Waals surface area contributed by atoms with Gasteiger partial charge in [-0.15, -0.1) is 0 Å². The molecular formula is C19H16FN3O7S2. The maximum absolute atomic E-state index is 13.0. The van der Waals surface area contributed by atoms with E-state index in [4.69, 9.17) is 0 Å². The summed E-state index contributed by atoms with van der Waals surface area (Å²) in [6.45, 7) is -0.350. The number of sulfone groups is 1. The molecule has 0 N–H and O–H groups in total. The highest BCUT2D eigenvalue weighted by Crippen LogP contribution is 2.23. The number of rotatable bonds is 7. The maximum atomic E-state index is 13.0. The molecule has 0 fully saturated rings. The fourth-order valence-corrected chi connectivity index (χ4v) is 5.00. The van der Waals surface area contributed by atoms with Crippen LogP contribution in [0.2, 0.25) is 0 Å². The molecule has 0 radical (unpaired) electrons. The molecule has 0 spiro atoms. The Morgan fingerprint density at radius 2 is 1.91 bits per heavy atom. The van der Waals surface area contributed by atoms with E-state index >= 15 is 0 Å². The molecule has 0 saturated heterocycles. The Kier molecular flexibility index (Phi) is 6.79. The van der Waals surface area contributed by atoms with E-state index in [1.807, 2.05) is 0 Å². The van der Waals surface area contributed by atoms with E-state index in [1.54, 1.807) is 0 Å². The minimum atomic E-state index is -3.84. The van der Waals surface area contributed by atoms with Crippen molar-refractivity contribution in [1.82, 2.24) is 4.57 Å². The summed E-state index contributed by atoms with van der Waals surface area (Å²) in [5.74, 6) is -2.57. The molecule has 0 saturated carbocycles. The number of hydrogen-bond donors (Lipinski definition) is 0. The van der Waals surface area contributed by atoms with Gasteiger partial charge in [0.05, 0.1) is 32.9 Å². The van der Waals surface area contributed by atoms with Gasteiger partial charge in [0, 0.05) is 18.6 Å². The first kappa shape index (κ1) is 23.2. The third-order valence-corrected chi connectivity index (χ3v) is 7.16. The molecule has 0 unspecified atom stereocenters. The molecule has 0 aliphatic carbocycles. The lowest BCUT2D eigenvalue weighted by molar-refractivity contribution is -0.384. The summed E-state index contributed by atoms with van der Waals surface area (Å²) in [7, 11) is -2.67. The van der Waals surface area contributed by atoms with Gasteiger partial charge in [-0.1, -0.05) is 11.3 Å². The molecule has 0 atom stereocenters. The van der Waals surface area contributed by atoms with E-state index in [-0.39, 0.29) is 21.9 Å². The molecular weight excluding hydrogens is 465 g/mol. The fourth-order valence-electron chi connectivity index (χ4n) is 2.75. The first-order valence-corrected chi connectivity index (χ1v) is 11.5. The van der Waals surface area contributed by atoms with Crippen molar-refractivity contribution in [3.63, 3.8) is 0 Å². The summed E-state index contributed by atoms with van der Waals surface area (Å²) in [5.41, 5.74) is 0.0947. The van der Waals surface area contributed by atoms with Crippen LogP contribution in [0.25, 0.3) is 10.2 Å². The lowest BCUT2D eigenvalue weighted by Crippen LogP contribution is -2.23. The van der Waals surface area contributed by atoms with Gasteiger partial charge in [-0.25, -0.2) is 12.8 Å². The average molecular weight is 481 g/mol.